The van der Waals surface area contributed by atoms with Crippen LogP contribution in [0.4, 0.5) is 13.2 Å². The predicted molar refractivity (Wildman–Crippen MR) is 70.5 cm³/mol. The molecule has 1 unspecified atom stereocenters. The first-order valence-electron chi connectivity index (χ1n) is 6.47. The molecule has 0 fully saturated rings. The Hall–Kier alpha value is -2.45. The van der Waals surface area contributed by atoms with Crippen molar-refractivity contribution in [2.45, 2.75) is 25.1 Å². The van der Waals surface area contributed by atoms with Crippen LogP contribution in [-0.2, 0) is 18.3 Å². The van der Waals surface area contributed by atoms with Crippen LogP contribution in [0.25, 0.3) is 0 Å². The lowest BCUT2D eigenvalue weighted by Gasteiger charge is -2.21. The van der Waals surface area contributed by atoms with E-state index in [-0.39, 0.29) is 18.4 Å². The number of carbonyl (C=O) groups excluding carboxylic acids is 1. The lowest BCUT2D eigenvalue weighted by Crippen LogP contribution is -2.38. The van der Waals surface area contributed by atoms with Gasteiger partial charge in [-0.05, 0) is 6.07 Å². The zero-order valence-electron chi connectivity index (χ0n) is 11.7. The minimum absolute atomic E-state index is 0.109. The van der Waals surface area contributed by atoms with Gasteiger partial charge in [0.15, 0.2) is 6.04 Å². The standard InChI is InChI=1S/C13H14F3N5O/c1-21-8-18-20-10(21)4-5-11(22)19-12(13(14,15)16)9-3-2-6-17-7-9/h2-3,6-8,12H,4-5H2,1H3,(H,19,22). The van der Waals surface area contributed by atoms with Crippen molar-refractivity contribution in [2.75, 3.05) is 0 Å². The number of nitrogens with zero attached hydrogens (tertiary/aromatic N) is 4. The van der Waals surface area contributed by atoms with Gasteiger partial charge < -0.3 is 9.88 Å². The van der Waals surface area contributed by atoms with Gasteiger partial charge in [0.1, 0.15) is 12.2 Å². The van der Waals surface area contributed by atoms with Crippen LogP contribution in [0.5, 0.6) is 0 Å². The van der Waals surface area contributed by atoms with Crippen LogP contribution < -0.4 is 5.32 Å². The first-order valence-corrected chi connectivity index (χ1v) is 6.47. The van der Waals surface area contributed by atoms with Gasteiger partial charge in [0.05, 0.1) is 0 Å². The van der Waals surface area contributed by atoms with Gasteiger partial charge in [-0.3, -0.25) is 9.78 Å². The van der Waals surface area contributed by atoms with Crippen molar-refractivity contribution in [3.8, 4) is 0 Å². The highest BCUT2D eigenvalue weighted by molar-refractivity contribution is 5.76. The average molecular weight is 313 g/mol. The lowest BCUT2D eigenvalue weighted by atomic mass is 10.1. The third-order valence-corrected chi connectivity index (χ3v) is 3.03. The fourth-order valence-corrected chi connectivity index (χ4v) is 1.89. The molecule has 0 aliphatic rings. The maximum Gasteiger partial charge on any atom is 0.412 e. The molecule has 1 N–H and O–H groups in total. The molecule has 2 heterocycles. The molecule has 0 bridgehead atoms. The van der Waals surface area contributed by atoms with E-state index in [4.69, 9.17) is 0 Å². The molecule has 1 amide bonds. The summed E-state index contributed by atoms with van der Waals surface area (Å²) in [7, 11) is 1.70. The van der Waals surface area contributed by atoms with Crippen molar-refractivity contribution in [3.63, 3.8) is 0 Å². The quantitative estimate of drug-likeness (QED) is 0.909. The summed E-state index contributed by atoms with van der Waals surface area (Å²) in [6.07, 6.45) is -0.585. The molecular weight excluding hydrogens is 299 g/mol. The molecule has 118 valence electrons. The van der Waals surface area contributed by atoms with Crippen molar-refractivity contribution >= 4 is 5.91 Å². The van der Waals surface area contributed by atoms with Crippen molar-refractivity contribution < 1.29 is 18.0 Å². The zero-order valence-corrected chi connectivity index (χ0v) is 11.7. The summed E-state index contributed by atoms with van der Waals surface area (Å²) in [5, 5.41) is 9.41. The van der Waals surface area contributed by atoms with Gasteiger partial charge >= 0.3 is 6.18 Å². The molecule has 22 heavy (non-hydrogen) atoms. The minimum Gasteiger partial charge on any atom is -0.341 e. The van der Waals surface area contributed by atoms with E-state index in [0.29, 0.717) is 5.82 Å². The van der Waals surface area contributed by atoms with Gasteiger partial charge in [-0.2, -0.15) is 13.2 Å². The Labute approximate surface area is 124 Å². The molecule has 0 aromatic carbocycles. The number of hydrogen-bond donors (Lipinski definition) is 1. The maximum atomic E-state index is 13.1. The highest BCUT2D eigenvalue weighted by Crippen LogP contribution is 2.32. The van der Waals surface area contributed by atoms with E-state index in [1.165, 1.54) is 24.7 Å². The molecule has 0 radical (unpaired) electrons. The molecule has 0 saturated carbocycles. The third kappa shape index (κ3) is 4.03. The van der Waals surface area contributed by atoms with Crippen LogP contribution in [0, 0.1) is 0 Å². The first-order chi connectivity index (χ1) is 10.4. The van der Waals surface area contributed by atoms with Gasteiger partial charge in [0.2, 0.25) is 5.91 Å². The second kappa shape index (κ2) is 6.54. The Morgan fingerprint density at radius 2 is 2.23 bits per heavy atom. The summed E-state index contributed by atoms with van der Waals surface area (Å²) in [5.74, 6) is -0.186. The Bertz CT molecular complexity index is 626. The molecular formula is C13H14F3N5O. The number of alkyl halides is 3. The van der Waals surface area contributed by atoms with Crippen molar-refractivity contribution in [1.82, 2.24) is 25.1 Å². The summed E-state index contributed by atoms with van der Waals surface area (Å²) >= 11 is 0. The topological polar surface area (TPSA) is 72.7 Å². The third-order valence-electron chi connectivity index (χ3n) is 3.03. The lowest BCUT2D eigenvalue weighted by molar-refractivity contribution is -0.163. The van der Waals surface area contributed by atoms with Crippen LogP contribution in [-0.4, -0.2) is 31.8 Å². The van der Waals surface area contributed by atoms with E-state index >= 15 is 0 Å². The minimum atomic E-state index is -4.59. The summed E-state index contributed by atoms with van der Waals surface area (Å²) in [5.41, 5.74) is -0.109. The molecule has 2 aromatic heterocycles. The molecule has 1 atom stereocenters. The first kappa shape index (κ1) is 15.9. The Kier molecular flexibility index (Phi) is 4.74. The fourth-order valence-electron chi connectivity index (χ4n) is 1.89. The second-order valence-corrected chi connectivity index (χ2v) is 4.69. The van der Waals surface area contributed by atoms with E-state index in [9.17, 15) is 18.0 Å². The van der Waals surface area contributed by atoms with E-state index in [1.807, 2.05) is 5.32 Å². The Morgan fingerprint density at radius 3 is 2.77 bits per heavy atom. The number of pyridine rings is 1. The van der Waals surface area contributed by atoms with Gasteiger partial charge in [-0.15, -0.1) is 10.2 Å². The number of rotatable bonds is 5. The SMILES string of the molecule is Cn1cnnc1CCC(=O)NC(c1cccnc1)C(F)(F)F. The van der Waals surface area contributed by atoms with E-state index in [0.717, 1.165) is 6.20 Å². The number of hydrogen-bond acceptors (Lipinski definition) is 4. The molecule has 0 aliphatic carbocycles. The highest BCUT2D eigenvalue weighted by Gasteiger charge is 2.41. The smallest absolute Gasteiger partial charge is 0.341 e. The van der Waals surface area contributed by atoms with Crippen LogP contribution in [0.15, 0.2) is 30.9 Å². The Balaban J connectivity index is 2.01. The van der Waals surface area contributed by atoms with Gasteiger partial charge in [0, 0.05) is 37.8 Å². The summed E-state index contributed by atoms with van der Waals surface area (Å²) in [6, 6.07) is 0.585. The molecule has 2 rings (SSSR count). The number of halogens is 3. The number of carbonyl (C=O) groups is 1. The highest BCUT2D eigenvalue weighted by atomic mass is 19.4. The molecule has 0 aliphatic heterocycles. The normalized spacial score (nSPS) is 12.9. The summed E-state index contributed by atoms with van der Waals surface area (Å²) in [6.45, 7) is 0. The van der Waals surface area contributed by atoms with E-state index in [2.05, 4.69) is 15.2 Å². The van der Waals surface area contributed by atoms with Crippen LogP contribution >= 0.6 is 0 Å². The van der Waals surface area contributed by atoms with E-state index in [1.54, 1.807) is 11.6 Å². The fraction of sp³-hybridized carbons (Fsp3) is 0.385. The summed E-state index contributed by atoms with van der Waals surface area (Å²) in [4.78, 5) is 15.4. The van der Waals surface area contributed by atoms with Crippen molar-refractivity contribution in [2.24, 2.45) is 7.05 Å². The maximum absolute atomic E-state index is 13.1. The number of aryl methyl sites for hydroxylation is 2. The monoisotopic (exact) mass is 313 g/mol. The molecule has 0 spiro atoms. The van der Waals surface area contributed by atoms with Gasteiger partial charge in [-0.1, -0.05) is 6.07 Å². The van der Waals surface area contributed by atoms with Crippen LogP contribution in [0.2, 0.25) is 0 Å². The van der Waals surface area contributed by atoms with Gasteiger partial charge in [-0.25, -0.2) is 0 Å². The van der Waals surface area contributed by atoms with Gasteiger partial charge in [0.25, 0.3) is 0 Å². The second-order valence-electron chi connectivity index (χ2n) is 4.69. The largest absolute Gasteiger partial charge is 0.412 e. The summed E-state index contributed by atoms with van der Waals surface area (Å²) < 4.78 is 40.8. The molecule has 0 saturated heterocycles. The zero-order chi connectivity index (χ0) is 16.2. The number of amides is 1. The molecule has 6 nitrogen and oxygen atoms in total. The molecule has 9 heteroatoms. The van der Waals surface area contributed by atoms with E-state index < -0.39 is 18.1 Å². The predicted octanol–water partition coefficient (Wildman–Crippen LogP) is 1.56. The van der Waals surface area contributed by atoms with Crippen molar-refractivity contribution in [1.29, 1.82) is 0 Å². The average Bonchev–Trinajstić information content (AvgIpc) is 2.87. The van der Waals surface area contributed by atoms with Crippen molar-refractivity contribution in [3.05, 3.63) is 42.2 Å². The number of nitrogens with one attached hydrogen (secondary N) is 1. The Morgan fingerprint density at radius 1 is 1.45 bits per heavy atom. The number of aromatic nitrogens is 4. The molecule has 2 aromatic rings. The van der Waals surface area contributed by atoms with Crippen LogP contribution in [0.1, 0.15) is 23.9 Å². The van der Waals surface area contributed by atoms with Crippen LogP contribution in [0.3, 0.4) is 0 Å².